The van der Waals surface area contributed by atoms with Gasteiger partial charge in [0.15, 0.2) is 11.6 Å². The standard InChI is InChI=1S/C22H17ClF4N4O/c1-3-12-9-16(31-22(23)29-12)30-15(4-2)11-5-7-13(8-6-11)32-21-19(26)17(24)14(10-28)18(25)20(21)27/h5-9,15H,3-4H2,1-2H3,(H,29,30,31). The van der Waals surface area contributed by atoms with Crippen LogP contribution in [0.2, 0.25) is 5.28 Å². The number of nitriles is 1. The smallest absolute Gasteiger partial charge is 0.224 e. The fourth-order valence-electron chi connectivity index (χ4n) is 3.01. The zero-order valence-corrected chi connectivity index (χ0v) is 17.8. The maximum atomic E-state index is 14.1. The van der Waals surface area contributed by atoms with E-state index in [0.29, 0.717) is 18.7 Å². The van der Waals surface area contributed by atoms with Crippen molar-refractivity contribution in [3.05, 3.63) is 75.7 Å². The minimum atomic E-state index is -1.82. The van der Waals surface area contributed by atoms with Crippen molar-refractivity contribution >= 4 is 17.4 Å². The van der Waals surface area contributed by atoms with Gasteiger partial charge in [-0.15, -0.1) is 0 Å². The molecule has 0 spiro atoms. The molecule has 0 radical (unpaired) electrons. The molecular formula is C22H17ClF4N4O. The monoisotopic (exact) mass is 464 g/mol. The molecule has 0 bridgehead atoms. The van der Waals surface area contributed by atoms with Crippen LogP contribution in [0, 0.1) is 34.6 Å². The summed E-state index contributed by atoms with van der Waals surface area (Å²) in [6, 6.07) is 8.75. The summed E-state index contributed by atoms with van der Waals surface area (Å²) in [6.45, 7) is 3.88. The van der Waals surface area contributed by atoms with E-state index < -0.39 is 34.6 Å². The van der Waals surface area contributed by atoms with Crippen LogP contribution in [0.1, 0.15) is 43.1 Å². The molecule has 0 saturated heterocycles. The van der Waals surface area contributed by atoms with Crippen LogP contribution in [0.4, 0.5) is 23.4 Å². The highest BCUT2D eigenvalue weighted by molar-refractivity contribution is 6.28. The Morgan fingerprint density at radius 3 is 2.19 bits per heavy atom. The molecule has 0 aliphatic rings. The van der Waals surface area contributed by atoms with Gasteiger partial charge in [0.25, 0.3) is 0 Å². The van der Waals surface area contributed by atoms with Crippen molar-refractivity contribution in [2.75, 3.05) is 5.32 Å². The number of aromatic nitrogens is 2. The average Bonchev–Trinajstić information content (AvgIpc) is 2.79. The van der Waals surface area contributed by atoms with Crippen LogP contribution >= 0.6 is 11.6 Å². The topological polar surface area (TPSA) is 70.8 Å². The molecule has 3 aromatic rings. The number of nitrogens with one attached hydrogen (secondary N) is 1. The SMILES string of the molecule is CCc1cc(NC(CC)c2ccc(Oc3c(F)c(F)c(C#N)c(F)c3F)cc2)nc(Cl)n1. The minimum Gasteiger partial charge on any atom is -0.451 e. The lowest BCUT2D eigenvalue weighted by Crippen LogP contribution is -2.11. The number of hydrogen-bond donors (Lipinski definition) is 1. The van der Waals surface area contributed by atoms with E-state index in [-0.39, 0.29) is 17.1 Å². The largest absolute Gasteiger partial charge is 0.451 e. The van der Waals surface area contributed by atoms with Crippen LogP contribution in [-0.2, 0) is 6.42 Å². The molecule has 3 rings (SSSR count). The highest BCUT2D eigenvalue weighted by atomic mass is 35.5. The first kappa shape index (κ1) is 23.3. The van der Waals surface area contributed by atoms with E-state index in [1.54, 1.807) is 18.2 Å². The van der Waals surface area contributed by atoms with Crippen molar-refractivity contribution < 1.29 is 22.3 Å². The highest BCUT2D eigenvalue weighted by Gasteiger charge is 2.27. The van der Waals surface area contributed by atoms with Crippen LogP contribution in [0.3, 0.4) is 0 Å². The molecule has 1 heterocycles. The molecule has 10 heteroatoms. The molecule has 0 amide bonds. The quantitative estimate of drug-likeness (QED) is 0.246. The molecule has 1 N–H and O–H groups in total. The van der Waals surface area contributed by atoms with Crippen molar-refractivity contribution in [2.24, 2.45) is 0 Å². The normalized spacial score (nSPS) is 11.7. The lowest BCUT2D eigenvalue weighted by atomic mass is 10.0. The highest BCUT2D eigenvalue weighted by Crippen LogP contribution is 2.34. The Morgan fingerprint density at radius 2 is 1.66 bits per heavy atom. The predicted molar refractivity (Wildman–Crippen MR) is 111 cm³/mol. The van der Waals surface area contributed by atoms with E-state index in [0.717, 1.165) is 17.3 Å². The van der Waals surface area contributed by atoms with E-state index in [1.807, 2.05) is 13.8 Å². The molecule has 0 fully saturated rings. The summed E-state index contributed by atoms with van der Waals surface area (Å²) in [5.41, 5.74) is 0.221. The first-order valence-electron chi connectivity index (χ1n) is 9.62. The number of halogens is 5. The van der Waals surface area contributed by atoms with Crippen molar-refractivity contribution in [1.82, 2.24) is 9.97 Å². The Balaban J connectivity index is 1.83. The van der Waals surface area contributed by atoms with Crippen molar-refractivity contribution in [3.8, 4) is 17.6 Å². The number of benzene rings is 2. The van der Waals surface area contributed by atoms with E-state index in [9.17, 15) is 17.6 Å². The number of rotatable bonds is 7. The number of aryl methyl sites for hydroxylation is 1. The average molecular weight is 465 g/mol. The molecule has 1 aromatic heterocycles. The molecule has 1 unspecified atom stereocenters. The van der Waals surface area contributed by atoms with Gasteiger partial charge < -0.3 is 10.1 Å². The van der Waals surface area contributed by atoms with Crippen LogP contribution in [0.15, 0.2) is 30.3 Å². The van der Waals surface area contributed by atoms with Gasteiger partial charge in [0.05, 0.1) is 6.04 Å². The number of anilines is 1. The molecule has 166 valence electrons. The van der Waals surface area contributed by atoms with Gasteiger partial charge >= 0.3 is 0 Å². The molecule has 0 aliphatic carbocycles. The van der Waals surface area contributed by atoms with Gasteiger partial charge in [0.1, 0.15) is 23.2 Å². The van der Waals surface area contributed by atoms with Crippen molar-refractivity contribution in [3.63, 3.8) is 0 Å². The lowest BCUT2D eigenvalue weighted by Gasteiger charge is -2.19. The third-order valence-electron chi connectivity index (χ3n) is 4.68. The Bertz CT molecular complexity index is 1150. The first-order valence-corrected chi connectivity index (χ1v) is 10.0. The number of nitrogens with zero attached hydrogens (tertiary/aromatic N) is 3. The lowest BCUT2D eigenvalue weighted by molar-refractivity contribution is 0.364. The molecule has 0 aliphatic heterocycles. The molecule has 2 aromatic carbocycles. The summed E-state index contributed by atoms with van der Waals surface area (Å²) in [7, 11) is 0. The van der Waals surface area contributed by atoms with Gasteiger partial charge in [-0.25, -0.2) is 18.7 Å². The summed E-state index contributed by atoms with van der Waals surface area (Å²) < 4.78 is 60.8. The van der Waals surface area contributed by atoms with Crippen molar-refractivity contribution in [2.45, 2.75) is 32.7 Å². The molecule has 1 atom stereocenters. The van der Waals surface area contributed by atoms with Crippen LogP contribution in [-0.4, -0.2) is 9.97 Å². The zero-order chi connectivity index (χ0) is 23.4. The summed E-state index contributed by atoms with van der Waals surface area (Å²) in [5, 5.41) is 12.0. The molecule has 32 heavy (non-hydrogen) atoms. The maximum absolute atomic E-state index is 14.1. The van der Waals surface area contributed by atoms with Crippen LogP contribution in [0.25, 0.3) is 0 Å². The van der Waals surface area contributed by atoms with Gasteiger partial charge in [-0.3, -0.25) is 0 Å². The van der Waals surface area contributed by atoms with Crippen LogP contribution < -0.4 is 10.1 Å². The summed E-state index contributed by atoms with van der Waals surface area (Å²) >= 11 is 5.95. The van der Waals surface area contributed by atoms with E-state index in [1.165, 1.54) is 12.1 Å². The van der Waals surface area contributed by atoms with Crippen molar-refractivity contribution in [1.29, 1.82) is 5.26 Å². The van der Waals surface area contributed by atoms with Gasteiger partial charge in [0.2, 0.25) is 22.7 Å². The van der Waals surface area contributed by atoms with Gasteiger partial charge in [-0.2, -0.15) is 14.0 Å². The van der Waals surface area contributed by atoms with E-state index >= 15 is 0 Å². The maximum Gasteiger partial charge on any atom is 0.224 e. The fourth-order valence-corrected chi connectivity index (χ4v) is 3.20. The second kappa shape index (κ2) is 9.83. The number of ether oxygens (including phenoxy) is 1. The molecule has 5 nitrogen and oxygen atoms in total. The first-order chi connectivity index (χ1) is 15.3. The Kier molecular flexibility index (Phi) is 7.15. The Labute approximate surface area is 186 Å². The third-order valence-corrected chi connectivity index (χ3v) is 4.85. The molecular weight excluding hydrogens is 448 g/mol. The summed E-state index contributed by atoms with van der Waals surface area (Å²) in [4.78, 5) is 8.27. The fraction of sp³-hybridized carbons (Fsp3) is 0.227. The molecule has 0 saturated carbocycles. The van der Waals surface area contributed by atoms with Gasteiger partial charge in [-0.1, -0.05) is 26.0 Å². The third kappa shape index (κ3) is 4.75. The summed E-state index contributed by atoms with van der Waals surface area (Å²) in [6.07, 6.45) is 1.35. The second-order valence-electron chi connectivity index (χ2n) is 6.72. The van der Waals surface area contributed by atoms with E-state index in [2.05, 4.69) is 15.3 Å². The Morgan fingerprint density at radius 1 is 1.03 bits per heavy atom. The summed E-state index contributed by atoms with van der Waals surface area (Å²) in [5.74, 6) is -7.98. The van der Waals surface area contributed by atoms with Gasteiger partial charge in [0, 0.05) is 11.8 Å². The predicted octanol–water partition coefficient (Wildman–Crippen LogP) is 6.48. The second-order valence-corrected chi connectivity index (χ2v) is 7.05. The Hall–Kier alpha value is -3.38. The number of hydrogen-bond acceptors (Lipinski definition) is 5. The zero-order valence-electron chi connectivity index (χ0n) is 17.0. The van der Waals surface area contributed by atoms with Gasteiger partial charge in [-0.05, 0) is 42.1 Å². The van der Waals surface area contributed by atoms with Crippen LogP contribution in [0.5, 0.6) is 11.5 Å². The minimum absolute atomic E-state index is 0.0525. The van der Waals surface area contributed by atoms with E-state index in [4.69, 9.17) is 21.6 Å².